The maximum Gasteiger partial charge on any atom is 0.417 e. The van der Waals surface area contributed by atoms with Gasteiger partial charge in [0, 0.05) is 24.4 Å². The zero-order chi connectivity index (χ0) is 14.8. The average molecular weight is 282 g/mol. The Morgan fingerprint density at radius 3 is 2.45 bits per heavy atom. The van der Waals surface area contributed by atoms with Gasteiger partial charge in [-0.3, -0.25) is 0 Å². The van der Waals surface area contributed by atoms with Crippen molar-refractivity contribution in [3.63, 3.8) is 0 Å². The highest BCUT2D eigenvalue weighted by Gasteiger charge is 2.30. The molecular formula is C14H15F3N3. The van der Waals surface area contributed by atoms with Crippen molar-refractivity contribution >= 4 is 0 Å². The van der Waals surface area contributed by atoms with Crippen LogP contribution in [0.1, 0.15) is 43.9 Å². The molecule has 107 valence electrons. The van der Waals surface area contributed by atoms with Gasteiger partial charge in [-0.05, 0) is 25.0 Å². The molecule has 0 N–H and O–H groups in total. The molecule has 0 bridgehead atoms. The van der Waals surface area contributed by atoms with E-state index in [0.717, 1.165) is 30.8 Å². The van der Waals surface area contributed by atoms with Gasteiger partial charge in [-0.25, -0.2) is 9.67 Å². The van der Waals surface area contributed by atoms with Crippen LogP contribution in [0.3, 0.4) is 0 Å². The Balaban J connectivity index is 2.24. The molecule has 0 atom stereocenters. The van der Waals surface area contributed by atoms with Crippen LogP contribution in [-0.4, -0.2) is 14.8 Å². The first-order valence-corrected chi connectivity index (χ1v) is 6.46. The SMILES string of the molecule is CCC(CC)c1[c]cn(-c2ccc(C(F)(F)F)cn2)n1. The number of pyridine rings is 1. The van der Waals surface area contributed by atoms with Crippen LogP contribution in [-0.2, 0) is 6.18 Å². The van der Waals surface area contributed by atoms with Crippen molar-refractivity contribution in [3.05, 3.63) is 41.9 Å². The van der Waals surface area contributed by atoms with Gasteiger partial charge in [0.05, 0.1) is 11.3 Å². The third-order valence-electron chi connectivity index (χ3n) is 3.23. The van der Waals surface area contributed by atoms with Crippen LogP contribution >= 0.6 is 0 Å². The average Bonchev–Trinajstić information content (AvgIpc) is 2.89. The fourth-order valence-corrected chi connectivity index (χ4v) is 1.98. The van der Waals surface area contributed by atoms with E-state index >= 15 is 0 Å². The lowest BCUT2D eigenvalue weighted by Crippen LogP contribution is -2.07. The molecule has 0 aliphatic rings. The number of hydrogen-bond donors (Lipinski definition) is 0. The van der Waals surface area contributed by atoms with E-state index in [9.17, 15) is 13.2 Å². The minimum atomic E-state index is -4.37. The van der Waals surface area contributed by atoms with Crippen LogP contribution in [0, 0.1) is 6.07 Å². The number of alkyl halides is 3. The highest BCUT2D eigenvalue weighted by molar-refractivity contribution is 5.26. The van der Waals surface area contributed by atoms with Crippen LogP contribution < -0.4 is 0 Å². The smallest absolute Gasteiger partial charge is 0.237 e. The minimum Gasteiger partial charge on any atom is -0.237 e. The van der Waals surface area contributed by atoms with Crippen molar-refractivity contribution in [2.75, 3.05) is 0 Å². The van der Waals surface area contributed by atoms with Crippen LogP contribution in [0.25, 0.3) is 5.82 Å². The monoisotopic (exact) mass is 282 g/mol. The molecule has 0 aliphatic heterocycles. The van der Waals surface area contributed by atoms with Crippen LogP contribution in [0.4, 0.5) is 13.2 Å². The van der Waals surface area contributed by atoms with E-state index in [1.165, 1.54) is 10.7 Å². The fourth-order valence-electron chi connectivity index (χ4n) is 1.98. The lowest BCUT2D eigenvalue weighted by atomic mass is 10.0. The Morgan fingerprint density at radius 2 is 1.95 bits per heavy atom. The predicted molar refractivity (Wildman–Crippen MR) is 68.5 cm³/mol. The molecule has 0 saturated heterocycles. The molecule has 20 heavy (non-hydrogen) atoms. The summed E-state index contributed by atoms with van der Waals surface area (Å²) in [6.45, 7) is 4.13. The summed E-state index contributed by atoms with van der Waals surface area (Å²) < 4.78 is 38.8. The zero-order valence-electron chi connectivity index (χ0n) is 11.3. The number of aromatic nitrogens is 3. The van der Waals surface area contributed by atoms with E-state index in [0.29, 0.717) is 11.7 Å². The van der Waals surface area contributed by atoms with Gasteiger partial charge in [0.1, 0.15) is 0 Å². The first kappa shape index (κ1) is 14.6. The molecule has 2 aromatic rings. The van der Waals surface area contributed by atoms with Gasteiger partial charge >= 0.3 is 6.18 Å². The molecule has 6 heteroatoms. The van der Waals surface area contributed by atoms with Crippen LogP contribution in [0.2, 0.25) is 0 Å². The van der Waals surface area contributed by atoms with Crippen molar-refractivity contribution in [1.82, 2.24) is 14.8 Å². The van der Waals surface area contributed by atoms with Gasteiger partial charge in [-0.1, -0.05) is 13.8 Å². The topological polar surface area (TPSA) is 30.7 Å². The third kappa shape index (κ3) is 3.00. The highest BCUT2D eigenvalue weighted by Crippen LogP contribution is 2.28. The Hall–Kier alpha value is -1.85. The maximum absolute atomic E-state index is 12.5. The molecule has 0 fully saturated rings. The number of hydrogen-bond acceptors (Lipinski definition) is 2. The normalized spacial score (nSPS) is 12.1. The van der Waals surface area contributed by atoms with Crippen LogP contribution in [0.15, 0.2) is 24.5 Å². The summed E-state index contributed by atoms with van der Waals surface area (Å²) in [6, 6.07) is 5.35. The van der Waals surface area contributed by atoms with E-state index in [1.54, 1.807) is 6.20 Å². The second-order valence-electron chi connectivity index (χ2n) is 4.52. The lowest BCUT2D eigenvalue weighted by Gasteiger charge is -2.08. The largest absolute Gasteiger partial charge is 0.417 e. The van der Waals surface area contributed by atoms with Gasteiger partial charge < -0.3 is 0 Å². The van der Waals surface area contributed by atoms with E-state index in [-0.39, 0.29) is 0 Å². The van der Waals surface area contributed by atoms with Crippen molar-refractivity contribution in [2.45, 2.75) is 38.8 Å². The molecule has 0 aromatic carbocycles. The molecule has 0 aliphatic carbocycles. The van der Waals surface area contributed by atoms with Gasteiger partial charge in [0.2, 0.25) is 0 Å². The number of rotatable bonds is 4. The second kappa shape index (κ2) is 5.64. The number of nitrogens with zero attached hydrogens (tertiary/aromatic N) is 3. The molecule has 0 amide bonds. The van der Waals surface area contributed by atoms with Crippen molar-refractivity contribution < 1.29 is 13.2 Å². The molecule has 2 rings (SSSR count). The Kier molecular flexibility index (Phi) is 4.11. The first-order chi connectivity index (χ1) is 9.45. The molecule has 3 nitrogen and oxygen atoms in total. The molecule has 2 aromatic heterocycles. The summed E-state index contributed by atoms with van der Waals surface area (Å²) in [7, 11) is 0. The summed E-state index contributed by atoms with van der Waals surface area (Å²) in [4.78, 5) is 3.80. The van der Waals surface area contributed by atoms with Gasteiger partial charge in [0.15, 0.2) is 5.82 Å². The van der Waals surface area contributed by atoms with E-state index in [2.05, 4.69) is 30.0 Å². The number of halogens is 3. The molecule has 0 saturated carbocycles. The highest BCUT2D eigenvalue weighted by atomic mass is 19.4. The van der Waals surface area contributed by atoms with Crippen LogP contribution in [0.5, 0.6) is 0 Å². The Morgan fingerprint density at radius 1 is 1.25 bits per heavy atom. The fraction of sp³-hybridized carbons (Fsp3) is 0.429. The molecule has 2 heterocycles. The molecule has 0 unspecified atom stereocenters. The van der Waals surface area contributed by atoms with E-state index < -0.39 is 11.7 Å². The lowest BCUT2D eigenvalue weighted by molar-refractivity contribution is -0.137. The van der Waals surface area contributed by atoms with Gasteiger partial charge in [-0.2, -0.15) is 18.3 Å². The summed E-state index contributed by atoms with van der Waals surface area (Å²) in [6.07, 6.45) is -0.0611. The standard InChI is InChI=1S/C14H15F3N3/c1-3-10(4-2)12-7-8-20(19-12)13-6-5-11(9-18-13)14(15,16)17/h5-6,8-10H,3-4H2,1-2H3. The quantitative estimate of drug-likeness (QED) is 0.849. The Bertz CT molecular complexity index is 554. The molecule has 1 radical (unpaired) electrons. The Labute approximate surface area is 115 Å². The maximum atomic E-state index is 12.5. The summed E-state index contributed by atoms with van der Waals surface area (Å²) in [5, 5.41) is 4.33. The van der Waals surface area contributed by atoms with E-state index in [1.807, 2.05) is 0 Å². The van der Waals surface area contributed by atoms with Gasteiger partial charge in [-0.15, -0.1) is 0 Å². The van der Waals surface area contributed by atoms with Crippen molar-refractivity contribution in [3.8, 4) is 5.82 Å². The third-order valence-corrected chi connectivity index (χ3v) is 3.23. The summed E-state index contributed by atoms with van der Waals surface area (Å²) in [5.41, 5.74) is 0.0503. The second-order valence-corrected chi connectivity index (χ2v) is 4.52. The first-order valence-electron chi connectivity index (χ1n) is 6.46. The summed E-state index contributed by atoms with van der Waals surface area (Å²) in [5.74, 6) is 0.664. The van der Waals surface area contributed by atoms with Crippen molar-refractivity contribution in [2.24, 2.45) is 0 Å². The summed E-state index contributed by atoms with van der Waals surface area (Å²) >= 11 is 0. The molecule has 0 spiro atoms. The van der Waals surface area contributed by atoms with Gasteiger partial charge in [0.25, 0.3) is 0 Å². The molecular weight excluding hydrogens is 267 g/mol. The van der Waals surface area contributed by atoms with E-state index in [4.69, 9.17) is 0 Å². The zero-order valence-corrected chi connectivity index (χ0v) is 11.3. The minimum absolute atomic E-state index is 0.311. The van der Waals surface area contributed by atoms with Crippen molar-refractivity contribution in [1.29, 1.82) is 0 Å². The predicted octanol–water partition coefficient (Wildman–Crippen LogP) is 3.99.